The van der Waals surface area contributed by atoms with Gasteiger partial charge < -0.3 is 9.01 Å². The molecule has 0 saturated heterocycles. The van der Waals surface area contributed by atoms with Crippen molar-refractivity contribution in [3.05, 3.63) is 23.0 Å². The van der Waals surface area contributed by atoms with Gasteiger partial charge in [0.2, 0.25) is 0 Å². The highest BCUT2D eigenvalue weighted by atomic mass is 31.1. The summed E-state index contributed by atoms with van der Waals surface area (Å²) in [5.41, 5.74) is 1.45. The van der Waals surface area contributed by atoms with Gasteiger partial charge in [0.15, 0.2) is 0 Å². The van der Waals surface area contributed by atoms with Gasteiger partial charge in [-0.15, -0.1) is 0 Å². The van der Waals surface area contributed by atoms with Gasteiger partial charge in [0.1, 0.15) is 13.2 Å². The maximum atomic E-state index is 6.14. The molecule has 1 unspecified atom stereocenters. The number of allylic oxidation sites excluding steroid dienone is 4. The fraction of sp³-hybridized carbons (Fsp3) is 0.714. The number of rotatable bonds is 5. The van der Waals surface area contributed by atoms with Crippen molar-refractivity contribution in [2.45, 2.75) is 20.8 Å². The van der Waals surface area contributed by atoms with Crippen molar-refractivity contribution in [3.63, 3.8) is 0 Å². The summed E-state index contributed by atoms with van der Waals surface area (Å²) in [6, 6.07) is 0. The molecule has 1 rings (SSSR count). The minimum atomic E-state index is -0.384. The van der Waals surface area contributed by atoms with E-state index in [4.69, 9.17) is 4.52 Å². The third-order valence-electron chi connectivity index (χ3n) is 2.82. The standard InChI is InChI=1S/C14H27NOP/c1-12(2)14-8-7-13(3)11-17(14)16-10-9-15(4,5)6/h7-8,12H,9-11H2,1-6H3/q+1. The normalized spacial score (nSPS) is 21.5. The van der Waals surface area contributed by atoms with Crippen molar-refractivity contribution in [2.75, 3.05) is 40.5 Å². The summed E-state index contributed by atoms with van der Waals surface area (Å²) in [5, 5.41) is 1.51. The molecule has 0 aromatic heterocycles. The van der Waals surface area contributed by atoms with E-state index in [0.29, 0.717) is 5.92 Å². The first-order valence-corrected chi connectivity index (χ1v) is 7.82. The predicted octanol–water partition coefficient (Wildman–Crippen LogP) is 3.61. The molecule has 0 N–H and O–H groups in total. The van der Waals surface area contributed by atoms with Crippen molar-refractivity contribution in [3.8, 4) is 0 Å². The second kappa shape index (κ2) is 6.13. The Morgan fingerprint density at radius 1 is 1.29 bits per heavy atom. The van der Waals surface area contributed by atoms with Gasteiger partial charge in [0, 0.05) is 6.16 Å². The van der Waals surface area contributed by atoms with Crippen LogP contribution in [0.5, 0.6) is 0 Å². The van der Waals surface area contributed by atoms with E-state index in [1.807, 2.05) is 0 Å². The lowest BCUT2D eigenvalue weighted by molar-refractivity contribution is -0.870. The first kappa shape index (κ1) is 14.9. The molecule has 0 bridgehead atoms. The first-order valence-electron chi connectivity index (χ1n) is 6.38. The Labute approximate surface area is 108 Å². The molecule has 3 heteroatoms. The van der Waals surface area contributed by atoms with Crippen LogP contribution in [-0.4, -0.2) is 44.9 Å². The molecule has 1 atom stereocenters. The number of nitrogens with zero attached hydrogens (tertiary/aromatic N) is 1. The van der Waals surface area contributed by atoms with Crippen LogP contribution in [0, 0.1) is 5.92 Å². The smallest absolute Gasteiger partial charge is 0.102 e. The van der Waals surface area contributed by atoms with Gasteiger partial charge in [-0.05, 0) is 18.2 Å². The van der Waals surface area contributed by atoms with Crippen LogP contribution in [0.4, 0.5) is 0 Å². The number of hydrogen-bond acceptors (Lipinski definition) is 1. The van der Waals surface area contributed by atoms with E-state index >= 15 is 0 Å². The van der Waals surface area contributed by atoms with Gasteiger partial charge in [-0.3, -0.25) is 0 Å². The molecule has 2 nitrogen and oxygen atoms in total. The van der Waals surface area contributed by atoms with Crippen LogP contribution in [0.2, 0.25) is 0 Å². The van der Waals surface area contributed by atoms with E-state index in [2.05, 4.69) is 54.1 Å². The summed E-state index contributed by atoms with van der Waals surface area (Å²) in [6.07, 6.45) is 5.65. The minimum absolute atomic E-state index is 0.384. The van der Waals surface area contributed by atoms with Crippen LogP contribution in [-0.2, 0) is 4.52 Å². The zero-order valence-electron chi connectivity index (χ0n) is 12.2. The van der Waals surface area contributed by atoms with Gasteiger partial charge >= 0.3 is 0 Å². The zero-order valence-corrected chi connectivity index (χ0v) is 13.1. The van der Waals surface area contributed by atoms with Crippen LogP contribution < -0.4 is 0 Å². The Balaban J connectivity index is 2.53. The average Bonchev–Trinajstić information content (AvgIpc) is 2.15. The summed E-state index contributed by atoms with van der Waals surface area (Å²) in [4.78, 5) is 0. The molecule has 0 amide bonds. The van der Waals surface area contributed by atoms with E-state index in [1.165, 1.54) is 10.9 Å². The van der Waals surface area contributed by atoms with Gasteiger partial charge in [-0.25, -0.2) is 0 Å². The number of likely N-dealkylation sites (N-methyl/N-ethyl adjacent to an activating group) is 1. The van der Waals surface area contributed by atoms with E-state index in [-0.39, 0.29) is 8.15 Å². The van der Waals surface area contributed by atoms with Crippen LogP contribution >= 0.6 is 8.15 Å². The molecule has 0 spiro atoms. The largest absolute Gasteiger partial charge is 0.349 e. The highest BCUT2D eigenvalue weighted by Gasteiger charge is 2.21. The lowest BCUT2D eigenvalue weighted by atomic mass is 10.2. The molecule has 0 aliphatic carbocycles. The number of quaternary nitrogens is 1. The fourth-order valence-electron chi connectivity index (χ4n) is 1.71. The van der Waals surface area contributed by atoms with E-state index < -0.39 is 0 Å². The third kappa shape index (κ3) is 5.33. The van der Waals surface area contributed by atoms with Crippen molar-refractivity contribution in [1.82, 2.24) is 0 Å². The quantitative estimate of drug-likeness (QED) is 0.539. The van der Waals surface area contributed by atoms with Crippen molar-refractivity contribution in [1.29, 1.82) is 0 Å². The minimum Gasteiger partial charge on any atom is -0.349 e. The Morgan fingerprint density at radius 2 is 1.94 bits per heavy atom. The Morgan fingerprint density at radius 3 is 2.47 bits per heavy atom. The van der Waals surface area contributed by atoms with Crippen molar-refractivity contribution < 1.29 is 9.01 Å². The van der Waals surface area contributed by atoms with E-state index in [1.54, 1.807) is 0 Å². The zero-order chi connectivity index (χ0) is 13.1. The second-order valence-corrected chi connectivity index (χ2v) is 7.99. The average molecular weight is 256 g/mol. The molecule has 1 heterocycles. The van der Waals surface area contributed by atoms with Crippen LogP contribution in [0.3, 0.4) is 0 Å². The molecule has 17 heavy (non-hydrogen) atoms. The lowest BCUT2D eigenvalue weighted by Gasteiger charge is -2.29. The first-order chi connectivity index (χ1) is 7.79. The summed E-state index contributed by atoms with van der Waals surface area (Å²) < 4.78 is 7.11. The topological polar surface area (TPSA) is 9.23 Å². The Hall–Kier alpha value is -0.170. The molecule has 0 saturated carbocycles. The molecule has 0 fully saturated rings. The Kier molecular flexibility index (Phi) is 5.37. The van der Waals surface area contributed by atoms with Gasteiger partial charge in [-0.1, -0.05) is 31.6 Å². The second-order valence-electron chi connectivity index (χ2n) is 6.14. The van der Waals surface area contributed by atoms with E-state index in [9.17, 15) is 0 Å². The molecular weight excluding hydrogens is 229 g/mol. The molecular formula is C14H27NOP+. The van der Waals surface area contributed by atoms with E-state index in [0.717, 1.165) is 23.8 Å². The fourth-order valence-corrected chi connectivity index (χ4v) is 3.81. The van der Waals surface area contributed by atoms with Gasteiger partial charge in [0.25, 0.3) is 0 Å². The third-order valence-corrected chi connectivity index (χ3v) is 5.34. The van der Waals surface area contributed by atoms with Crippen molar-refractivity contribution >= 4 is 8.15 Å². The summed E-state index contributed by atoms with van der Waals surface area (Å²) in [7, 11) is 6.25. The van der Waals surface area contributed by atoms with Gasteiger partial charge in [-0.2, -0.15) is 0 Å². The summed E-state index contributed by atoms with van der Waals surface area (Å²) in [5.74, 6) is 0.606. The predicted molar refractivity (Wildman–Crippen MR) is 77.3 cm³/mol. The molecule has 1 aliphatic heterocycles. The maximum Gasteiger partial charge on any atom is 0.102 e. The highest BCUT2D eigenvalue weighted by molar-refractivity contribution is 7.57. The molecule has 98 valence electrons. The Bertz CT molecular complexity index is 313. The molecule has 1 aliphatic rings. The lowest BCUT2D eigenvalue weighted by Crippen LogP contribution is -2.37. The number of hydrogen-bond donors (Lipinski definition) is 0. The molecule has 0 aromatic carbocycles. The monoisotopic (exact) mass is 256 g/mol. The highest BCUT2D eigenvalue weighted by Crippen LogP contribution is 2.52. The molecule has 0 radical (unpaired) electrons. The van der Waals surface area contributed by atoms with Crippen LogP contribution in [0.25, 0.3) is 0 Å². The summed E-state index contributed by atoms with van der Waals surface area (Å²) >= 11 is 0. The maximum absolute atomic E-state index is 6.14. The molecule has 0 aromatic rings. The van der Waals surface area contributed by atoms with Crippen molar-refractivity contribution in [2.24, 2.45) is 5.92 Å². The van der Waals surface area contributed by atoms with Crippen LogP contribution in [0.1, 0.15) is 20.8 Å². The van der Waals surface area contributed by atoms with Gasteiger partial charge in [0.05, 0.1) is 29.3 Å². The summed E-state index contributed by atoms with van der Waals surface area (Å²) in [6.45, 7) is 8.67. The van der Waals surface area contributed by atoms with Crippen LogP contribution in [0.15, 0.2) is 23.0 Å². The SMILES string of the molecule is CC1=CC=C(C(C)C)P(OCC[N+](C)(C)C)C1.